The average molecular weight is 257 g/mol. The fourth-order valence-electron chi connectivity index (χ4n) is 2.92. The molecule has 0 atom stereocenters. The Labute approximate surface area is 114 Å². The summed E-state index contributed by atoms with van der Waals surface area (Å²) in [6, 6.07) is 10.4. The first-order valence-electron chi connectivity index (χ1n) is 6.62. The summed E-state index contributed by atoms with van der Waals surface area (Å²) in [6.45, 7) is 0. The quantitative estimate of drug-likeness (QED) is 0.845. The summed E-state index contributed by atoms with van der Waals surface area (Å²) >= 11 is 0. The van der Waals surface area contributed by atoms with Crippen LogP contribution in [0.25, 0.3) is 0 Å². The monoisotopic (exact) mass is 257 g/mol. The van der Waals surface area contributed by atoms with Crippen LogP contribution in [0.1, 0.15) is 43.6 Å². The highest BCUT2D eigenvalue weighted by Gasteiger charge is 2.38. The number of rotatable bonds is 3. The lowest BCUT2D eigenvalue weighted by Gasteiger charge is -2.38. The number of carbonyl (C=O) groups is 1. The Morgan fingerprint density at radius 3 is 2.53 bits per heavy atom. The second kappa shape index (κ2) is 5.79. The number of nitrogens with two attached hydrogens (primary N) is 1. The first-order valence-corrected chi connectivity index (χ1v) is 6.62. The van der Waals surface area contributed by atoms with Gasteiger partial charge in [0.15, 0.2) is 0 Å². The molecule has 0 spiro atoms. The van der Waals surface area contributed by atoms with Gasteiger partial charge in [-0.25, -0.2) is 4.79 Å². The third-order valence-corrected chi connectivity index (χ3v) is 3.91. The van der Waals surface area contributed by atoms with Crippen molar-refractivity contribution < 1.29 is 9.53 Å². The lowest BCUT2D eigenvalue weighted by Crippen LogP contribution is -2.40. The first kappa shape index (κ1) is 13.5. The lowest BCUT2D eigenvalue weighted by molar-refractivity contribution is -0.0119. The molecule has 0 bridgehead atoms. The highest BCUT2D eigenvalue weighted by molar-refractivity contribution is 5.65. The molecule has 0 aliphatic heterocycles. The van der Waals surface area contributed by atoms with Crippen LogP contribution in [0, 0.1) is 12.3 Å². The van der Waals surface area contributed by atoms with Crippen molar-refractivity contribution >= 4 is 6.09 Å². The zero-order valence-corrected chi connectivity index (χ0v) is 11.0. The van der Waals surface area contributed by atoms with Gasteiger partial charge < -0.3 is 10.5 Å². The molecule has 0 radical (unpaired) electrons. The maximum absolute atomic E-state index is 11.0. The third-order valence-electron chi connectivity index (χ3n) is 3.91. The van der Waals surface area contributed by atoms with Gasteiger partial charge in [-0.15, -0.1) is 12.3 Å². The Morgan fingerprint density at radius 2 is 2.00 bits per heavy atom. The minimum atomic E-state index is -0.728. The molecule has 0 saturated heterocycles. The molecule has 1 aromatic carbocycles. The maximum atomic E-state index is 11.0. The molecule has 3 heteroatoms. The van der Waals surface area contributed by atoms with Gasteiger partial charge in [0.25, 0.3) is 0 Å². The van der Waals surface area contributed by atoms with Crippen molar-refractivity contribution in [1.82, 2.24) is 0 Å². The molecule has 0 unspecified atom stereocenters. The molecule has 1 aromatic rings. The van der Waals surface area contributed by atoms with Crippen LogP contribution < -0.4 is 5.73 Å². The van der Waals surface area contributed by atoms with Gasteiger partial charge in [0.1, 0.15) is 5.60 Å². The molecule has 1 amide bonds. The third kappa shape index (κ3) is 3.29. The largest absolute Gasteiger partial charge is 0.442 e. The van der Waals surface area contributed by atoms with Crippen LogP contribution >= 0.6 is 0 Å². The zero-order valence-electron chi connectivity index (χ0n) is 11.0. The number of ether oxygens (including phenoxy) is 1. The number of benzene rings is 1. The number of amides is 1. The van der Waals surface area contributed by atoms with E-state index >= 15 is 0 Å². The van der Waals surface area contributed by atoms with Crippen LogP contribution in [0.5, 0.6) is 0 Å². The predicted molar refractivity (Wildman–Crippen MR) is 74.5 cm³/mol. The Balaban J connectivity index is 2.04. The van der Waals surface area contributed by atoms with Gasteiger partial charge >= 0.3 is 6.09 Å². The number of primary amides is 1. The molecule has 2 N–H and O–H groups in total. The van der Waals surface area contributed by atoms with E-state index in [-0.39, 0.29) is 0 Å². The number of hydrogen-bond donors (Lipinski definition) is 1. The zero-order chi connectivity index (χ0) is 13.7. The second-order valence-electron chi connectivity index (χ2n) is 5.17. The fraction of sp³-hybridized carbons (Fsp3) is 0.438. The van der Waals surface area contributed by atoms with E-state index in [0.717, 1.165) is 25.7 Å². The molecule has 1 aliphatic carbocycles. The summed E-state index contributed by atoms with van der Waals surface area (Å²) < 4.78 is 5.30. The van der Waals surface area contributed by atoms with E-state index in [9.17, 15) is 4.79 Å². The van der Waals surface area contributed by atoms with Gasteiger partial charge in [-0.3, -0.25) is 0 Å². The minimum absolute atomic E-state index is 0.442. The van der Waals surface area contributed by atoms with E-state index in [0.29, 0.717) is 12.3 Å². The van der Waals surface area contributed by atoms with E-state index in [2.05, 4.69) is 30.2 Å². The first-order chi connectivity index (χ1) is 9.15. The van der Waals surface area contributed by atoms with E-state index in [4.69, 9.17) is 16.9 Å². The van der Waals surface area contributed by atoms with Crippen LogP contribution in [0.2, 0.25) is 0 Å². The van der Waals surface area contributed by atoms with Crippen molar-refractivity contribution in [2.24, 2.45) is 5.73 Å². The predicted octanol–water partition coefficient (Wildman–Crippen LogP) is 3.20. The van der Waals surface area contributed by atoms with Crippen molar-refractivity contribution in [2.75, 3.05) is 0 Å². The van der Waals surface area contributed by atoms with Crippen molar-refractivity contribution in [2.45, 2.75) is 43.6 Å². The summed E-state index contributed by atoms with van der Waals surface area (Å²) in [5.74, 6) is 3.12. The number of terminal acetylenes is 1. The molecule has 1 saturated carbocycles. The van der Waals surface area contributed by atoms with Gasteiger partial charge in [-0.05, 0) is 37.2 Å². The Hall–Kier alpha value is -1.95. The summed E-state index contributed by atoms with van der Waals surface area (Å²) in [4.78, 5) is 11.0. The Kier molecular flexibility index (Phi) is 4.11. The average Bonchev–Trinajstić information content (AvgIpc) is 2.40. The summed E-state index contributed by atoms with van der Waals surface area (Å²) in [6.07, 6.45) is 8.59. The lowest BCUT2D eigenvalue weighted by atomic mass is 9.75. The van der Waals surface area contributed by atoms with E-state index in [1.807, 2.05) is 6.07 Å². The van der Waals surface area contributed by atoms with Gasteiger partial charge in [0.05, 0.1) is 0 Å². The van der Waals surface area contributed by atoms with Crippen molar-refractivity contribution in [3.63, 3.8) is 0 Å². The molecule has 2 rings (SSSR count). The van der Waals surface area contributed by atoms with Gasteiger partial charge in [-0.2, -0.15) is 0 Å². The smallest absolute Gasteiger partial charge is 0.405 e. The standard InChI is InChI=1S/C16H19NO2/c1-2-10-16(19-15(17)18)11-8-14(9-12-16)13-6-4-3-5-7-13/h1,3-7,14H,8-12H2,(H2,17,18). The van der Waals surface area contributed by atoms with E-state index in [1.54, 1.807) is 0 Å². The number of carbonyl (C=O) groups excluding carboxylic acids is 1. The van der Waals surface area contributed by atoms with E-state index in [1.165, 1.54) is 5.56 Å². The molecular weight excluding hydrogens is 238 g/mol. The van der Waals surface area contributed by atoms with Crippen molar-refractivity contribution in [3.05, 3.63) is 35.9 Å². The summed E-state index contributed by atoms with van der Waals surface area (Å²) in [5, 5.41) is 0. The SMILES string of the molecule is C#CCC1(OC(N)=O)CCC(c2ccccc2)CC1. The van der Waals surface area contributed by atoms with Crippen molar-refractivity contribution in [3.8, 4) is 12.3 Å². The van der Waals surface area contributed by atoms with Crippen LogP contribution in [0.3, 0.4) is 0 Å². The molecule has 3 nitrogen and oxygen atoms in total. The molecule has 1 aliphatic rings. The van der Waals surface area contributed by atoms with Crippen molar-refractivity contribution in [1.29, 1.82) is 0 Å². The molecule has 100 valence electrons. The molecular formula is C16H19NO2. The van der Waals surface area contributed by atoms with Gasteiger partial charge in [0, 0.05) is 6.42 Å². The Morgan fingerprint density at radius 1 is 1.37 bits per heavy atom. The minimum Gasteiger partial charge on any atom is -0.442 e. The highest BCUT2D eigenvalue weighted by atomic mass is 16.6. The Bertz CT molecular complexity index is 467. The second-order valence-corrected chi connectivity index (χ2v) is 5.17. The maximum Gasteiger partial charge on any atom is 0.405 e. The van der Waals surface area contributed by atoms with Crippen LogP contribution in [-0.2, 0) is 4.74 Å². The summed E-state index contributed by atoms with van der Waals surface area (Å²) in [5.41, 5.74) is 5.95. The van der Waals surface area contributed by atoms with Crippen LogP contribution in [-0.4, -0.2) is 11.7 Å². The molecule has 0 heterocycles. The van der Waals surface area contributed by atoms with E-state index < -0.39 is 11.7 Å². The molecule has 19 heavy (non-hydrogen) atoms. The van der Waals surface area contributed by atoms with Crippen LogP contribution in [0.15, 0.2) is 30.3 Å². The van der Waals surface area contributed by atoms with Crippen LogP contribution in [0.4, 0.5) is 4.79 Å². The normalized spacial score (nSPS) is 26.4. The molecule has 0 aromatic heterocycles. The van der Waals surface area contributed by atoms with Gasteiger partial charge in [-0.1, -0.05) is 30.3 Å². The highest BCUT2D eigenvalue weighted by Crippen LogP contribution is 2.41. The number of hydrogen-bond acceptors (Lipinski definition) is 2. The van der Waals surface area contributed by atoms with Gasteiger partial charge in [0.2, 0.25) is 0 Å². The summed E-state index contributed by atoms with van der Waals surface area (Å²) in [7, 11) is 0. The molecule has 1 fully saturated rings. The topological polar surface area (TPSA) is 52.3 Å². The fourth-order valence-corrected chi connectivity index (χ4v) is 2.92.